The maximum atomic E-state index is 6.52. The Morgan fingerprint density at radius 1 is 0.885 bits per heavy atom. The van der Waals surface area contributed by atoms with Crippen LogP contribution in [-0.2, 0) is 10.3 Å². The molecule has 1 atom stereocenters. The standard InChI is InChI=1S/C22H26O4/c1-14(2)22(3)18-13-21(25-6)20(24-5)12-16(18)11-19(26-22)15-7-9-17(23-4)10-8-15/h7-14H,1-6H3. The van der Waals surface area contributed by atoms with Crippen molar-refractivity contribution in [1.82, 2.24) is 0 Å². The van der Waals surface area contributed by atoms with Crippen molar-refractivity contribution in [1.29, 1.82) is 0 Å². The van der Waals surface area contributed by atoms with Crippen molar-refractivity contribution in [2.45, 2.75) is 26.4 Å². The van der Waals surface area contributed by atoms with E-state index in [4.69, 9.17) is 18.9 Å². The van der Waals surface area contributed by atoms with E-state index >= 15 is 0 Å². The first kappa shape index (κ1) is 18.2. The molecule has 0 saturated carbocycles. The second kappa shape index (κ2) is 6.94. The topological polar surface area (TPSA) is 36.9 Å². The fourth-order valence-electron chi connectivity index (χ4n) is 3.22. The molecule has 26 heavy (non-hydrogen) atoms. The molecule has 0 aliphatic carbocycles. The van der Waals surface area contributed by atoms with Gasteiger partial charge in [-0.3, -0.25) is 0 Å². The predicted octanol–water partition coefficient (Wildman–Crippen LogP) is 5.11. The molecule has 0 aromatic heterocycles. The molecule has 1 aliphatic rings. The molecule has 0 spiro atoms. The van der Waals surface area contributed by atoms with E-state index in [9.17, 15) is 0 Å². The van der Waals surface area contributed by atoms with Crippen LogP contribution in [0.2, 0.25) is 0 Å². The van der Waals surface area contributed by atoms with Gasteiger partial charge < -0.3 is 18.9 Å². The van der Waals surface area contributed by atoms with Crippen molar-refractivity contribution in [2.75, 3.05) is 21.3 Å². The minimum Gasteiger partial charge on any atom is -0.497 e. The molecule has 0 N–H and O–H groups in total. The summed E-state index contributed by atoms with van der Waals surface area (Å²) in [4.78, 5) is 0. The molecule has 2 aromatic carbocycles. The average molecular weight is 354 g/mol. The number of fused-ring (bicyclic) bond motifs is 1. The monoisotopic (exact) mass is 354 g/mol. The van der Waals surface area contributed by atoms with Crippen LogP contribution in [0, 0.1) is 5.92 Å². The van der Waals surface area contributed by atoms with Crippen LogP contribution in [-0.4, -0.2) is 21.3 Å². The molecule has 0 amide bonds. The van der Waals surface area contributed by atoms with Crippen LogP contribution < -0.4 is 14.2 Å². The first-order valence-corrected chi connectivity index (χ1v) is 8.74. The van der Waals surface area contributed by atoms with E-state index in [-0.39, 0.29) is 5.92 Å². The molecule has 1 heterocycles. The summed E-state index contributed by atoms with van der Waals surface area (Å²) in [5, 5.41) is 0. The Kier molecular flexibility index (Phi) is 4.86. The van der Waals surface area contributed by atoms with Crippen LogP contribution >= 0.6 is 0 Å². The third kappa shape index (κ3) is 3.00. The second-order valence-corrected chi connectivity index (χ2v) is 6.90. The molecule has 1 unspecified atom stereocenters. The highest BCUT2D eigenvalue weighted by atomic mass is 16.5. The number of hydrogen-bond acceptors (Lipinski definition) is 4. The lowest BCUT2D eigenvalue weighted by molar-refractivity contribution is 0.00657. The molecular formula is C22H26O4. The third-order valence-electron chi connectivity index (χ3n) is 5.18. The largest absolute Gasteiger partial charge is 0.497 e. The summed E-state index contributed by atoms with van der Waals surface area (Å²) >= 11 is 0. The van der Waals surface area contributed by atoms with Crippen LogP contribution in [0.25, 0.3) is 11.8 Å². The van der Waals surface area contributed by atoms with Gasteiger partial charge in [0.1, 0.15) is 17.1 Å². The van der Waals surface area contributed by atoms with Gasteiger partial charge in [0.15, 0.2) is 11.5 Å². The Hall–Kier alpha value is -2.62. The summed E-state index contributed by atoms with van der Waals surface area (Å²) in [7, 11) is 4.97. The maximum absolute atomic E-state index is 6.52. The van der Waals surface area contributed by atoms with E-state index < -0.39 is 5.60 Å². The van der Waals surface area contributed by atoms with Gasteiger partial charge in [0.05, 0.1) is 21.3 Å². The van der Waals surface area contributed by atoms with E-state index in [0.717, 1.165) is 28.2 Å². The van der Waals surface area contributed by atoms with Crippen molar-refractivity contribution in [3.63, 3.8) is 0 Å². The van der Waals surface area contributed by atoms with E-state index in [1.54, 1.807) is 21.3 Å². The second-order valence-electron chi connectivity index (χ2n) is 6.90. The fraction of sp³-hybridized carbons (Fsp3) is 0.364. The summed E-state index contributed by atoms with van der Waals surface area (Å²) in [6, 6.07) is 11.9. The first-order valence-electron chi connectivity index (χ1n) is 8.74. The Balaban J connectivity index is 2.16. The van der Waals surface area contributed by atoms with Crippen molar-refractivity contribution in [3.8, 4) is 17.2 Å². The third-order valence-corrected chi connectivity index (χ3v) is 5.18. The van der Waals surface area contributed by atoms with Gasteiger partial charge in [0.25, 0.3) is 0 Å². The van der Waals surface area contributed by atoms with Crippen molar-refractivity contribution >= 4 is 11.8 Å². The molecule has 1 aliphatic heterocycles. The Morgan fingerprint density at radius 2 is 1.50 bits per heavy atom. The summed E-state index contributed by atoms with van der Waals surface area (Å²) in [6.45, 7) is 6.45. The predicted molar refractivity (Wildman–Crippen MR) is 104 cm³/mol. The van der Waals surface area contributed by atoms with E-state index in [1.165, 1.54) is 0 Å². The normalized spacial score (nSPS) is 18.7. The molecule has 4 heteroatoms. The molecule has 0 saturated heterocycles. The van der Waals surface area contributed by atoms with Gasteiger partial charge in [-0.2, -0.15) is 0 Å². The Bertz CT molecular complexity index is 821. The number of hydrogen-bond donors (Lipinski definition) is 0. The lowest BCUT2D eigenvalue weighted by atomic mass is 9.80. The van der Waals surface area contributed by atoms with Crippen LogP contribution in [0.4, 0.5) is 0 Å². The summed E-state index contributed by atoms with van der Waals surface area (Å²) < 4.78 is 22.8. The van der Waals surface area contributed by atoms with E-state index in [1.807, 2.05) is 36.4 Å². The smallest absolute Gasteiger partial charge is 0.161 e. The lowest BCUT2D eigenvalue weighted by Crippen LogP contribution is -2.34. The number of benzene rings is 2. The quantitative estimate of drug-likeness (QED) is 0.747. The minimum absolute atomic E-state index is 0.265. The van der Waals surface area contributed by atoms with Gasteiger partial charge in [-0.1, -0.05) is 13.8 Å². The molecule has 4 nitrogen and oxygen atoms in total. The zero-order chi connectivity index (χ0) is 18.9. The summed E-state index contributed by atoms with van der Waals surface area (Å²) in [5.74, 6) is 3.35. The van der Waals surface area contributed by atoms with Gasteiger partial charge in [-0.25, -0.2) is 0 Å². The first-order chi connectivity index (χ1) is 12.4. The highest BCUT2D eigenvalue weighted by molar-refractivity contribution is 5.82. The highest BCUT2D eigenvalue weighted by Gasteiger charge is 2.39. The Labute approximate surface area is 155 Å². The molecule has 3 rings (SSSR count). The summed E-state index contributed by atoms with van der Waals surface area (Å²) in [5.41, 5.74) is 2.72. The molecule has 2 aromatic rings. The van der Waals surface area contributed by atoms with Gasteiger partial charge in [0, 0.05) is 11.1 Å². The summed E-state index contributed by atoms with van der Waals surface area (Å²) in [6.07, 6.45) is 2.06. The highest BCUT2D eigenvalue weighted by Crippen LogP contribution is 2.47. The van der Waals surface area contributed by atoms with E-state index in [2.05, 4.69) is 26.8 Å². The van der Waals surface area contributed by atoms with Crippen LogP contribution in [0.5, 0.6) is 17.2 Å². The maximum Gasteiger partial charge on any atom is 0.161 e. The molecule has 138 valence electrons. The fourth-order valence-corrected chi connectivity index (χ4v) is 3.22. The van der Waals surface area contributed by atoms with Crippen molar-refractivity contribution < 1.29 is 18.9 Å². The van der Waals surface area contributed by atoms with Gasteiger partial charge in [0.2, 0.25) is 0 Å². The molecule has 0 radical (unpaired) electrons. The van der Waals surface area contributed by atoms with Crippen molar-refractivity contribution in [3.05, 3.63) is 53.1 Å². The average Bonchev–Trinajstić information content (AvgIpc) is 2.66. The SMILES string of the molecule is COc1ccc(C2=Cc3cc(OC)c(OC)cc3C(C)(C(C)C)O2)cc1. The number of ether oxygens (including phenoxy) is 4. The molecule has 0 fully saturated rings. The molecule has 0 bridgehead atoms. The van der Waals surface area contributed by atoms with E-state index in [0.29, 0.717) is 11.5 Å². The number of rotatable bonds is 5. The lowest BCUT2D eigenvalue weighted by Gasteiger charge is -2.40. The van der Waals surface area contributed by atoms with Crippen molar-refractivity contribution in [2.24, 2.45) is 5.92 Å². The van der Waals surface area contributed by atoms with Gasteiger partial charge in [-0.05, 0) is 60.9 Å². The van der Waals surface area contributed by atoms with Crippen LogP contribution in [0.1, 0.15) is 37.5 Å². The zero-order valence-corrected chi connectivity index (χ0v) is 16.3. The minimum atomic E-state index is -0.473. The number of methoxy groups -OCH3 is 3. The van der Waals surface area contributed by atoms with Crippen LogP contribution in [0.15, 0.2) is 36.4 Å². The zero-order valence-electron chi connectivity index (χ0n) is 16.3. The molecular weight excluding hydrogens is 328 g/mol. The van der Waals surface area contributed by atoms with Gasteiger partial charge in [-0.15, -0.1) is 0 Å². The van der Waals surface area contributed by atoms with Gasteiger partial charge >= 0.3 is 0 Å². The van der Waals surface area contributed by atoms with Crippen LogP contribution in [0.3, 0.4) is 0 Å². The Morgan fingerprint density at radius 3 is 2.04 bits per heavy atom.